The zero-order valence-corrected chi connectivity index (χ0v) is 42.4. The van der Waals surface area contributed by atoms with E-state index in [1.807, 2.05) is 84.9 Å². The zero-order chi connectivity index (χ0) is 54.9. The summed E-state index contributed by atoms with van der Waals surface area (Å²) in [7, 11) is -1.66. The number of pyridine rings is 1. The molecule has 3 amide bonds. The van der Waals surface area contributed by atoms with E-state index < -0.39 is 34.2 Å². The minimum atomic E-state index is -1.66. The maximum atomic E-state index is 13.5. The summed E-state index contributed by atoms with van der Waals surface area (Å²) in [5, 5.41) is 46.7. The van der Waals surface area contributed by atoms with Crippen LogP contribution in [-0.2, 0) is 46.6 Å². The molecule has 8 aromatic rings. The molecule has 11 rings (SSSR count). The number of fused-ring (bicyclic) bond motifs is 3. The topological polar surface area (TPSA) is 253 Å². The third-order valence-corrected chi connectivity index (χ3v) is 12.9. The van der Waals surface area contributed by atoms with E-state index in [4.69, 9.17) is 10.0 Å². The Kier molecular flexibility index (Phi) is 17.0. The van der Waals surface area contributed by atoms with Crippen molar-refractivity contribution in [3.05, 3.63) is 243 Å². The third kappa shape index (κ3) is 13.8. The molecule has 0 aliphatic carbocycles. The number of nitrogens with one attached hydrogen (secondary N) is 3. The molecule has 21 heteroatoms. The summed E-state index contributed by atoms with van der Waals surface area (Å²) < 4.78 is 29.2. The Balaban J connectivity index is 0.000000155. The van der Waals surface area contributed by atoms with Crippen molar-refractivity contribution >= 4 is 87.1 Å². The highest BCUT2D eigenvalue weighted by Gasteiger charge is 2.21. The van der Waals surface area contributed by atoms with Gasteiger partial charge < -0.3 is 30.6 Å². The molecule has 0 fully saturated rings. The monoisotopic (exact) mass is 1150 g/mol. The number of Topliss-reactive ketones (excluding diaryl/α,β-unsaturated/α-hetero) is 1. The van der Waals surface area contributed by atoms with Crippen molar-refractivity contribution in [2.45, 2.75) is 32.2 Å². The quantitative estimate of drug-likeness (QED) is 0.0285. The largest absolute Gasteiger partial charge is 0.488 e. The summed E-state index contributed by atoms with van der Waals surface area (Å²) in [6.07, 6.45) is 2.83. The van der Waals surface area contributed by atoms with Crippen LogP contribution in [-0.4, -0.2) is 55.1 Å². The number of rotatable bonds is 10. The predicted octanol–water partition coefficient (Wildman–Crippen LogP) is 8.58. The van der Waals surface area contributed by atoms with Gasteiger partial charge in [-0.2, -0.15) is 0 Å². The normalized spacial score (nSPS) is 12.4. The van der Waals surface area contributed by atoms with Crippen molar-refractivity contribution in [2.24, 2.45) is 0 Å². The molecule has 0 radical (unpaired) electrons. The van der Waals surface area contributed by atoms with Crippen molar-refractivity contribution in [3.8, 4) is 22.3 Å². The summed E-state index contributed by atoms with van der Waals surface area (Å²) >= 11 is 2.23. The highest BCUT2D eigenvalue weighted by Crippen LogP contribution is 2.32. The van der Waals surface area contributed by atoms with Gasteiger partial charge in [0.05, 0.1) is 41.2 Å². The average molecular weight is 1150 g/mol. The first kappa shape index (κ1) is 54.2. The third-order valence-electron chi connectivity index (χ3n) is 12.2. The molecule has 0 bridgehead atoms. The van der Waals surface area contributed by atoms with Gasteiger partial charge in [0.25, 0.3) is 16.9 Å². The number of amides is 3. The molecule has 5 N–H and O–H groups in total. The van der Waals surface area contributed by atoms with Crippen LogP contribution in [0.5, 0.6) is 0 Å². The Morgan fingerprint density at radius 3 is 1.66 bits per heavy atom. The molecule has 0 saturated carbocycles. The second-order valence-electron chi connectivity index (χ2n) is 17.7. The predicted molar refractivity (Wildman–Crippen MR) is 294 cm³/mol. The van der Waals surface area contributed by atoms with Crippen LogP contribution < -0.4 is 27.0 Å². The summed E-state index contributed by atoms with van der Waals surface area (Å²) in [5.74, 6) is -2.25. The number of non-ortho nitro benzene ring substituents is 2. The van der Waals surface area contributed by atoms with Gasteiger partial charge in [-0.25, -0.2) is 8.78 Å². The van der Waals surface area contributed by atoms with Gasteiger partial charge in [-0.1, -0.05) is 84.9 Å². The number of halogens is 3. The number of nitro groups is 2. The van der Waals surface area contributed by atoms with Crippen LogP contribution in [0.2, 0.25) is 0 Å². The van der Waals surface area contributed by atoms with Crippen molar-refractivity contribution < 1.29 is 47.9 Å². The SMILES string of the molecule is O=C1Cc2ccc(-c3cccc(CC(=O)c4cccn(Cc5ccc(F)c(F)c5)c4=O)c3)cc2N1.O=C1Cc2ccc(-c3cccc([N+](=O)[O-])c3)cc2N1.O=C1Cc2ccc(I)cc2N1.O=[N+]([O-])c1cccc(B(O)O)c1. The lowest BCUT2D eigenvalue weighted by molar-refractivity contribution is -0.385. The number of aromatic nitrogens is 1. The zero-order valence-electron chi connectivity index (χ0n) is 40.2. The maximum Gasteiger partial charge on any atom is 0.488 e. The first-order valence-electron chi connectivity index (χ1n) is 23.4. The molecule has 7 aromatic carbocycles. The fourth-order valence-electron chi connectivity index (χ4n) is 8.42. The van der Waals surface area contributed by atoms with E-state index in [1.165, 1.54) is 53.2 Å². The Bertz CT molecular complexity index is 3730. The first-order chi connectivity index (χ1) is 36.9. The minimum Gasteiger partial charge on any atom is -0.423 e. The van der Waals surface area contributed by atoms with E-state index in [1.54, 1.807) is 12.1 Å². The second-order valence-corrected chi connectivity index (χ2v) is 18.9. The average Bonchev–Trinajstić information content (AvgIpc) is 4.12. The maximum absolute atomic E-state index is 13.5. The van der Waals surface area contributed by atoms with Gasteiger partial charge in [-0.3, -0.25) is 44.2 Å². The summed E-state index contributed by atoms with van der Waals surface area (Å²) in [5.41, 5.74) is 9.69. The van der Waals surface area contributed by atoms with Gasteiger partial charge in [0, 0.05) is 57.5 Å². The fourth-order valence-corrected chi connectivity index (χ4v) is 8.91. The smallest absolute Gasteiger partial charge is 0.423 e. The Morgan fingerprint density at radius 1 is 0.571 bits per heavy atom. The summed E-state index contributed by atoms with van der Waals surface area (Å²) in [6.45, 7) is 0.0154. The highest BCUT2D eigenvalue weighted by atomic mass is 127. The lowest BCUT2D eigenvalue weighted by Crippen LogP contribution is -2.29. The molecule has 0 atom stereocenters. The highest BCUT2D eigenvalue weighted by molar-refractivity contribution is 14.1. The van der Waals surface area contributed by atoms with Gasteiger partial charge in [0.2, 0.25) is 17.7 Å². The molecule has 0 unspecified atom stereocenters. The molecule has 77 heavy (non-hydrogen) atoms. The van der Waals surface area contributed by atoms with E-state index in [-0.39, 0.29) is 58.9 Å². The van der Waals surface area contributed by atoms with Gasteiger partial charge in [-0.05, 0) is 127 Å². The molecule has 0 saturated heterocycles. The lowest BCUT2D eigenvalue weighted by atomic mass is 9.80. The van der Waals surface area contributed by atoms with E-state index in [0.717, 1.165) is 83.3 Å². The molecule has 17 nitrogen and oxygen atoms in total. The lowest BCUT2D eigenvalue weighted by Gasteiger charge is -2.10. The molecule has 3 aliphatic rings. The number of nitro benzene ring substituents is 2. The van der Waals surface area contributed by atoms with E-state index in [0.29, 0.717) is 24.8 Å². The minimum absolute atomic E-state index is 0.0154. The van der Waals surface area contributed by atoms with Gasteiger partial charge >= 0.3 is 7.12 Å². The Morgan fingerprint density at radius 2 is 1.09 bits per heavy atom. The number of benzene rings is 7. The number of anilines is 3. The van der Waals surface area contributed by atoms with Gasteiger partial charge in [-0.15, -0.1) is 0 Å². The molecule has 4 heterocycles. The van der Waals surface area contributed by atoms with Crippen molar-refractivity contribution in [3.63, 3.8) is 0 Å². The van der Waals surface area contributed by atoms with Crippen molar-refractivity contribution in [2.75, 3.05) is 16.0 Å². The van der Waals surface area contributed by atoms with E-state index in [2.05, 4.69) is 38.5 Å². The fraction of sp³-hybridized carbons (Fsp3) is 0.0893. The number of nitrogens with zero attached hydrogens (tertiary/aromatic N) is 3. The standard InChI is InChI=1S/C28H20F2N2O3.C14H10N2O3.C8H6INO.C6H6BNO4/c29-23-9-6-18(12-24(23)30)16-32-10-2-5-22(28(32)35)26(33)13-17-3-1-4-19(11-17)20-7-8-21-15-27(34)31-25(21)14-20;17-14-8-11-5-4-10(7-13(11)15-14)9-2-1-3-12(6-9)16(18)19;9-6-2-1-5-3-8(11)10-7(5)4-6;9-7(10)5-2-1-3-6(4-5)8(11)12/h1-12,14H,13,15-16H2,(H,31,34);1-7H,8H2,(H,15,17);1-2,4H,3H2,(H,10,11);1-4,9-10H. The van der Waals surface area contributed by atoms with Gasteiger partial charge in [0.15, 0.2) is 17.4 Å². The van der Waals surface area contributed by atoms with Crippen LogP contribution in [0.1, 0.15) is 38.2 Å². The Labute approximate surface area is 450 Å². The molecular weight excluding hydrogens is 1110 g/mol. The number of ketones is 1. The van der Waals surface area contributed by atoms with E-state index in [9.17, 15) is 53.0 Å². The summed E-state index contributed by atoms with van der Waals surface area (Å²) in [4.78, 5) is 79.7. The molecule has 1 aromatic heterocycles. The molecular formula is C56H42BF2IN6O11. The van der Waals surface area contributed by atoms with Gasteiger partial charge in [0.1, 0.15) is 0 Å². The Hall–Kier alpha value is -9.06. The molecule has 386 valence electrons. The van der Waals surface area contributed by atoms with Crippen LogP contribution in [0, 0.1) is 35.4 Å². The number of carbonyl (C=O) groups excluding carboxylic acids is 4. The molecule has 0 spiro atoms. The first-order valence-corrected chi connectivity index (χ1v) is 24.5. The van der Waals surface area contributed by atoms with Crippen molar-refractivity contribution in [1.82, 2.24) is 4.57 Å². The van der Waals surface area contributed by atoms with Crippen molar-refractivity contribution in [1.29, 1.82) is 0 Å². The van der Waals surface area contributed by atoms with Crippen LogP contribution in [0.3, 0.4) is 0 Å². The number of hydrogen-bond donors (Lipinski definition) is 5. The molecule has 3 aliphatic heterocycles. The number of carbonyl (C=O) groups is 4. The second kappa shape index (κ2) is 24.1. The van der Waals surface area contributed by atoms with Crippen LogP contribution in [0.25, 0.3) is 22.3 Å². The summed E-state index contributed by atoms with van der Waals surface area (Å²) in [6, 6.07) is 43.0. The van der Waals surface area contributed by atoms with Crippen LogP contribution in [0.4, 0.5) is 37.2 Å². The van der Waals surface area contributed by atoms with Crippen LogP contribution in [0.15, 0.2) is 169 Å². The van der Waals surface area contributed by atoms with E-state index >= 15 is 0 Å². The van der Waals surface area contributed by atoms with Crippen LogP contribution >= 0.6 is 22.6 Å². The number of hydrogen-bond acceptors (Lipinski definition) is 11.